The molecule has 0 radical (unpaired) electrons. The number of para-hydroxylation sites is 1. The molecule has 0 bridgehead atoms. The fourth-order valence-corrected chi connectivity index (χ4v) is 4.94. The SMILES string of the molecule is Cc1cc(NC(=O)Cn2cc(S(=O)(=O)Cc3ccc(Cl)cc3)c3ccccc32)no1. The number of sulfone groups is 1. The molecular formula is C21H18ClN3O4S. The minimum atomic E-state index is -3.65. The summed E-state index contributed by atoms with van der Waals surface area (Å²) in [6, 6.07) is 15.4. The van der Waals surface area contributed by atoms with E-state index in [-0.39, 0.29) is 23.1 Å². The molecule has 1 amide bonds. The van der Waals surface area contributed by atoms with E-state index in [9.17, 15) is 13.2 Å². The highest BCUT2D eigenvalue weighted by molar-refractivity contribution is 7.90. The summed E-state index contributed by atoms with van der Waals surface area (Å²) in [5.74, 6) is 0.380. The quantitative estimate of drug-likeness (QED) is 0.482. The zero-order valence-corrected chi connectivity index (χ0v) is 17.6. The van der Waals surface area contributed by atoms with Crippen molar-refractivity contribution in [2.45, 2.75) is 24.1 Å². The van der Waals surface area contributed by atoms with Crippen LogP contribution in [0.15, 0.2) is 70.2 Å². The molecule has 9 heteroatoms. The second kappa shape index (κ2) is 7.97. The van der Waals surface area contributed by atoms with E-state index in [1.165, 1.54) is 6.20 Å². The molecule has 0 aliphatic heterocycles. The van der Waals surface area contributed by atoms with Gasteiger partial charge in [0.05, 0.1) is 10.6 Å². The van der Waals surface area contributed by atoms with Crippen LogP contribution in [0.25, 0.3) is 10.9 Å². The van der Waals surface area contributed by atoms with Crippen molar-refractivity contribution in [2.24, 2.45) is 0 Å². The Morgan fingerprint density at radius 3 is 2.60 bits per heavy atom. The fourth-order valence-electron chi connectivity index (χ4n) is 3.23. The van der Waals surface area contributed by atoms with Gasteiger partial charge in [-0.25, -0.2) is 8.42 Å². The van der Waals surface area contributed by atoms with Gasteiger partial charge in [0, 0.05) is 28.2 Å². The molecule has 0 saturated carbocycles. The molecular weight excluding hydrogens is 426 g/mol. The molecule has 0 fully saturated rings. The number of hydrogen-bond acceptors (Lipinski definition) is 5. The minimum absolute atomic E-state index is 0.0666. The number of nitrogens with one attached hydrogen (secondary N) is 1. The maximum Gasteiger partial charge on any atom is 0.245 e. The number of nitrogens with zero attached hydrogens (tertiary/aromatic N) is 2. The van der Waals surface area contributed by atoms with E-state index in [1.807, 2.05) is 0 Å². The smallest absolute Gasteiger partial charge is 0.245 e. The van der Waals surface area contributed by atoms with Gasteiger partial charge < -0.3 is 14.4 Å². The lowest BCUT2D eigenvalue weighted by Crippen LogP contribution is -2.18. The number of benzene rings is 2. The Labute approximate surface area is 178 Å². The van der Waals surface area contributed by atoms with Crippen LogP contribution in [0.3, 0.4) is 0 Å². The predicted molar refractivity (Wildman–Crippen MR) is 114 cm³/mol. The van der Waals surface area contributed by atoms with Crippen LogP contribution in [0.4, 0.5) is 5.82 Å². The lowest BCUT2D eigenvalue weighted by atomic mass is 10.2. The second-order valence-corrected chi connectivity index (χ2v) is 9.29. The number of carbonyl (C=O) groups excluding carboxylic acids is 1. The largest absolute Gasteiger partial charge is 0.360 e. The number of rotatable bonds is 6. The van der Waals surface area contributed by atoms with Gasteiger partial charge in [-0.05, 0) is 30.7 Å². The van der Waals surface area contributed by atoms with Gasteiger partial charge in [0.25, 0.3) is 0 Å². The third kappa shape index (κ3) is 4.24. The van der Waals surface area contributed by atoms with E-state index in [2.05, 4.69) is 10.5 Å². The number of amides is 1. The Balaban J connectivity index is 1.64. The summed E-state index contributed by atoms with van der Waals surface area (Å²) in [7, 11) is -3.65. The van der Waals surface area contributed by atoms with Crippen molar-refractivity contribution in [3.63, 3.8) is 0 Å². The molecule has 1 N–H and O–H groups in total. The van der Waals surface area contributed by atoms with Crippen LogP contribution in [0.2, 0.25) is 5.02 Å². The standard InChI is InChI=1S/C21H18ClN3O4S/c1-14-10-20(24-29-14)23-21(26)12-25-11-19(17-4-2-3-5-18(17)25)30(27,28)13-15-6-8-16(22)9-7-15/h2-11H,12-13H2,1H3,(H,23,24,26). The summed E-state index contributed by atoms with van der Waals surface area (Å²) in [6.07, 6.45) is 1.50. The number of aryl methyl sites for hydroxylation is 1. The molecule has 4 aromatic rings. The van der Waals surface area contributed by atoms with E-state index in [4.69, 9.17) is 16.1 Å². The molecule has 2 heterocycles. The first-order valence-electron chi connectivity index (χ1n) is 9.10. The lowest BCUT2D eigenvalue weighted by Gasteiger charge is -2.05. The van der Waals surface area contributed by atoms with Gasteiger partial charge in [-0.3, -0.25) is 4.79 Å². The Morgan fingerprint density at radius 1 is 1.17 bits per heavy atom. The van der Waals surface area contributed by atoms with E-state index in [0.29, 0.717) is 33.1 Å². The molecule has 0 spiro atoms. The van der Waals surface area contributed by atoms with Gasteiger partial charge in [-0.15, -0.1) is 0 Å². The normalized spacial score (nSPS) is 11.7. The van der Waals surface area contributed by atoms with E-state index < -0.39 is 9.84 Å². The van der Waals surface area contributed by atoms with Crippen molar-refractivity contribution < 1.29 is 17.7 Å². The first-order chi connectivity index (χ1) is 14.3. The second-order valence-electron chi connectivity index (χ2n) is 6.89. The molecule has 30 heavy (non-hydrogen) atoms. The van der Waals surface area contributed by atoms with Crippen LogP contribution in [-0.4, -0.2) is 24.0 Å². The van der Waals surface area contributed by atoms with E-state index in [1.54, 1.807) is 66.1 Å². The Morgan fingerprint density at radius 2 is 1.90 bits per heavy atom. The van der Waals surface area contributed by atoms with Crippen molar-refractivity contribution in [3.8, 4) is 0 Å². The highest BCUT2D eigenvalue weighted by Crippen LogP contribution is 2.28. The number of carbonyl (C=O) groups is 1. The number of hydrogen-bond donors (Lipinski definition) is 1. The topological polar surface area (TPSA) is 94.2 Å². The molecule has 7 nitrogen and oxygen atoms in total. The van der Waals surface area contributed by atoms with Crippen molar-refractivity contribution in [1.82, 2.24) is 9.72 Å². The molecule has 0 unspecified atom stereocenters. The highest BCUT2D eigenvalue weighted by atomic mass is 35.5. The van der Waals surface area contributed by atoms with Crippen LogP contribution in [0.5, 0.6) is 0 Å². The number of halogens is 1. The molecule has 0 aliphatic carbocycles. The Kier molecular flexibility index (Phi) is 5.36. The summed E-state index contributed by atoms with van der Waals surface area (Å²) in [4.78, 5) is 12.6. The number of aromatic nitrogens is 2. The zero-order chi connectivity index (χ0) is 21.3. The minimum Gasteiger partial charge on any atom is -0.360 e. The van der Waals surface area contributed by atoms with Crippen LogP contribution < -0.4 is 5.32 Å². The maximum absolute atomic E-state index is 13.1. The molecule has 0 atom stereocenters. The number of fused-ring (bicyclic) bond motifs is 1. The Hall–Kier alpha value is -3.10. The third-order valence-corrected chi connectivity index (χ3v) is 6.53. The van der Waals surface area contributed by atoms with Gasteiger partial charge in [-0.1, -0.05) is 47.1 Å². The average Bonchev–Trinajstić information content (AvgIpc) is 3.27. The molecule has 0 saturated heterocycles. The summed E-state index contributed by atoms with van der Waals surface area (Å²) in [5, 5.41) is 7.49. The van der Waals surface area contributed by atoms with Gasteiger partial charge >= 0.3 is 0 Å². The lowest BCUT2D eigenvalue weighted by molar-refractivity contribution is -0.116. The zero-order valence-electron chi connectivity index (χ0n) is 16.0. The highest BCUT2D eigenvalue weighted by Gasteiger charge is 2.22. The van der Waals surface area contributed by atoms with Crippen LogP contribution in [0, 0.1) is 6.92 Å². The first-order valence-corrected chi connectivity index (χ1v) is 11.1. The van der Waals surface area contributed by atoms with Crippen molar-refractivity contribution in [3.05, 3.63) is 77.1 Å². The molecule has 2 aromatic carbocycles. The third-order valence-electron chi connectivity index (χ3n) is 4.57. The van der Waals surface area contributed by atoms with Gasteiger partial charge in [0.2, 0.25) is 5.91 Å². The van der Waals surface area contributed by atoms with Gasteiger partial charge in [0.15, 0.2) is 15.7 Å². The van der Waals surface area contributed by atoms with Gasteiger partial charge in [0.1, 0.15) is 12.3 Å². The van der Waals surface area contributed by atoms with Crippen molar-refractivity contribution >= 4 is 44.1 Å². The predicted octanol–water partition coefficient (Wildman–Crippen LogP) is 4.20. The van der Waals surface area contributed by atoms with E-state index in [0.717, 1.165) is 0 Å². The monoisotopic (exact) mass is 443 g/mol. The first kappa shape index (κ1) is 20.2. The van der Waals surface area contributed by atoms with E-state index >= 15 is 0 Å². The fraction of sp³-hybridized carbons (Fsp3) is 0.143. The van der Waals surface area contributed by atoms with Crippen LogP contribution >= 0.6 is 11.6 Å². The summed E-state index contributed by atoms with van der Waals surface area (Å²) >= 11 is 5.89. The summed E-state index contributed by atoms with van der Waals surface area (Å²) in [5.41, 5.74) is 1.29. The number of anilines is 1. The van der Waals surface area contributed by atoms with Crippen molar-refractivity contribution in [2.75, 3.05) is 5.32 Å². The molecule has 4 rings (SSSR count). The average molecular weight is 444 g/mol. The van der Waals surface area contributed by atoms with Crippen molar-refractivity contribution in [1.29, 1.82) is 0 Å². The summed E-state index contributed by atoms with van der Waals surface area (Å²) < 4.78 is 32.8. The molecule has 2 aromatic heterocycles. The van der Waals surface area contributed by atoms with Crippen LogP contribution in [-0.2, 0) is 26.9 Å². The van der Waals surface area contributed by atoms with Crippen LogP contribution in [0.1, 0.15) is 11.3 Å². The molecule has 0 aliphatic rings. The van der Waals surface area contributed by atoms with Gasteiger partial charge in [-0.2, -0.15) is 0 Å². The maximum atomic E-state index is 13.1. The summed E-state index contributed by atoms with van der Waals surface area (Å²) in [6.45, 7) is 1.66. The molecule has 154 valence electrons. The Bertz CT molecular complexity index is 1320.